The Kier molecular flexibility index (Phi) is 8.17. The number of hydrogen-bond acceptors (Lipinski definition) is 7. The molecule has 0 aliphatic carbocycles. The number of aromatic nitrogens is 4. The van der Waals surface area contributed by atoms with Gasteiger partial charge < -0.3 is 15.2 Å². The third-order valence-electron chi connectivity index (χ3n) is 5.06. The van der Waals surface area contributed by atoms with Crippen LogP contribution >= 0.6 is 34.7 Å². The largest absolute Gasteiger partial charge is 0.342 e. The van der Waals surface area contributed by atoms with Crippen molar-refractivity contribution in [1.82, 2.24) is 25.1 Å². The second-order valence-electron chi connectivity index (χ2n) is 7.53. The zero-order valence-corrected chi connectivity index (χ0v) is 21.5. The maximum Gasteiger partial charge on any atom is 0.251 e. The quantitative estimate of drug-likeness (QED) is 0.287. The summed E-state index contributed by atoms with van der Waals surface area (Å²) in [6.07, 6.45) is 0. The van der Waals surface area contributed by atoms with Crippen molar-refractivity contribution in [2.75, 3.05) is 11.1 Å². The van der Waals surface area contributed by atoms with E-state index in [4.69, 9.17) is 11.6 Å². The van der Waals surface area contributed by atoms with Gasteiger partial charge in [-0.05, 0) is 38.1 Å². The molecule has 4 rings (SSSR count). The van der Waals surface area contributed by atoms with Gasteiger partial charge in [0.2, 0.25) is 5.91 Å². The molecule has 2 N–H and O–H groups in total. The third kappa shape index (κ3) is 6.27. The first-order valence-electron chi connectivity index (χ1n) is 10.9. The van der Waals surface area contributed by atoms with Crippen LogP contribution in [0.25, 0.3) is 11.3 Å². The van der Waals surface area contributed by atoms with Crippen molar-refractivity contribution < 1.29 is 9.59 Å². The van der Waals surface area contributed by atoms with Crippen LogP contribution < -0.4 is 10.6 Å². The summed E-state index contributed by atoms with van der Waals surface area (Å²) in [7, 11) is 0. The van der Waals surface area contributed by atoms with Gasteiger partial charge in [0.05, 0.1) is 17.5 Å². The van der Waals surface area contributed by atoms with E-state index >= 15 is 0 Å². The Balaban J connectivity index is 1.35. The van der Waals surface area contributed by atoms with E-state index in [2.05, 4.69) is 25.8 Å². The molecule has 0 saturated heterocycles. The standard InChI is InChI=1S/C24H23ClN6O2S2/c1-3-31-21(15(2)26-22(33)17-9-11-18(25)12-10-17)29-30-24(31)35-14-20(32)28-23-27-19(13-34-23)16-7-5-4-6-8-16/h4-13,15H,3,14H2,1-2H3,(H,26,33)(H,27,28,32)/t15-/m1/s1. The Hall–Kier alpha value is -3.21. The first kappa shape index (κ1) is 24.9. The first-order valence-corrected chi connectivity index (χ1v) is 13.1. The molecule has 2 aromatic carbocycles. The highest BCUT2D eigenvalue weighted by molar-refractivity contribution is 7.99. The highest BCUT2D eigenvalue weighted by Gasteiger charge is 2.20. The SMILES string of the molecule is CCn1c(SCC(=O)Nc2nc(-c3ccccc3)cs2)nnc1[C@@H](C)NC(=O)c1ccc(Cl)cc1. The molecule has 0 saturated carbocycles. The number of amides is 2. The van der Waals surface area contributed by atoms with Crippen LogP contribution in [0.2, 0.25) is 5.02 Å². The van der Waals surface area contributed by atoms with Crippen molar-refractivity contribution in [3.8, 4) is 11.3 Å². The van der Waals surface area contributed by atoms with Gasteiger partial charge in [0.15, 0.2) is 16.1 Å². The molecule has 4 aromatic rings. The van der Waals surface area contributed by atoms with Gasteiger partial charge in [-0.25, -0.2) is 4.98 Å². The zero-order valence-electron chi connectivity index (χ0n) is 19.1. The number of anilines is 1. The van der Waals surface area contributed by atoms with Crippen LogP contribution in [-0.2, 0) is 11.3 Å². The average Bonchev–Trinajstić information content (AvgIpc) is 3.50. The van der Waals surface area contributed by atoms with Gasteiger partial charge in [-0.2, -0.15) is 0 Å². The Morgan fingerprint density at radius 2 is 1.86 bits per heavy atom. The second-order valence-corrected chi connectivity index (χ2v) is 9.76. The maximum atomic E-state index is 12.6. The van der Waals surface area contributed by atoms with Crippen LogP contribution in [0.15, 0.2) is 65.1 Å². The molecular formula is C24H23ClN6O2S2. The fourth-order valence-corrected chi connectivity index (χ4v) is 5.00. The summed E-state index contributed by atoms with van der Waals surface area (Å²) < 4.78 is 1.89. The van der Waals surface area contributed by atoms with Crippen molar-refractivity contribution >= 4 is 51.6 Å². The molecule has 2 heterocycles. The fraction of sp³-hybridized carbons (Fsp3) is 0.208. The predicted octanol–water partition coefficient (Wildman–Crippen LogP) is 5.30. The monoisotopic (exact) mass is 526 g/mol. The molecule has 0 unspecified atom stereocenters. The lowest BCUT2D eigenvalue weighted by molar-refractivity contribution is -0.113. The number of halogens is 1. The summed E-state index contributed by atoms with van der Waals surface area (Å²) in [5.74, 6) is 0.362. The van der Waals surface area contributed by atoms with E-state index < -0.39 is 0 Å². The number of nitrogens with one attached hydrogen (secondary N) is 2. The van der Waals surface area contributed by atoms with Crippen LogP contribution in [0.4, 0.5) is 5.13 Å². The number of hydrogen-bond donors (Lipinski definition) is 2. The Labute approximate surface area is 216 Å². The van der Waals surface area contributed by atoms with E-state index in [9.17, 15) is 9.59 Å². The summed E-state index contributed by atoms with van der Waals surface area (Å²) >= 11 is 8.56. The fourth-order valence-electron chi connectivity index (χ4n) is 3.33. The minimum Gasteiger partial charge on any atom is -0.342 e. The number of thioether (sulfide) groups is 1. The summed E-state index contributed by atoms with van der Waals surface area (Å²) in [6.45, 7) is 4.41. The molecule has 0 radical (unpaired) electrons. The highest BCUT2D eigenvalue weighted by Crippen LogP contribution is 2.25. The van der Waals surface area contributed by atoms with Crippen molar-refractivity contribution in [2.45, 2.75) is 31.6 Å². The summed E-state index contributed by atoms with van der Waals surface area (Å²) in [6, 6.07) is 16.1. The van der Waals surface area contributed by atoms with Crippen LogP contribution in [0.5, 0.6) is 0 Å². The number of carbonyl (C=O) groups excluding carboxylic acids is 2. The lowest BCUT2D eigenvalue weighted by Gasteiger charge is -2.15. The van der Waals surface area contributed by atoms with Gasteiger partial charge >= 0.3 is 0 Å². The van der Waals surface area contributed by atoms with Crippen molar-refractivity contribution in [1.29, 1.82) is 0 Å². The number of thiazole rings is 1. The van der Waals surface area contributed by atoms with Crippen LogP contribution in [0.1, 0.15) is 36.1 Å². The van der Waals surface area contributed by atoms with Crippen LogP contribution in [-0.4, -0.2) is 37.3 Å². The maximum absolute atomic E-state index is 12.6. The average molecular weight is 527 g/mol. The van der Waals surface area contributed by atoms with Gasteiger partial charge in [0.25, 0.3) is 5.91 Å². The molecule has 0 fully saturated rings. The van der Waals surface area contributed by atoms with Crippen molar-refractivity contribution in [3.05, 3.63) is 76.4 Å². The first-order chi connectivity index (χ1) is 16.9. The normalized spacial score (nSPS) is 11.7. The number of nitrogens with zero attached hydrogens (tertiary/aromatic N) is 4. The van der Waals surface area contributed by atoms with Crippen molar-refractivity contribution in [2.24, 2.45) is 0 Å². The van der Waals surface area contributed by atoms with E-state index in [1.54, 1.807) is 24.3 Å². The Morgan fingerprint density at radius 3 is 2.57 bits per heavy atom. The molecular weight excluding hydrogens is 504 g/mol. The van der Waals surface area contributed by atoms with E-state index in [1.165, 1.54) is 23.1 Å². The molecule has 0 aliphatic rings. The topological polar surface area (TPSA) is 102 Å². The predicted molar refractivity (Wildman–Crippen MR) is 140 cm³/mol. The summed E-state index contributed by atoms with van der Waals surface area (Å²) in [5.41, 5.74) is 2.33. The Bertz CT molecular complexity index is 1310. The van der Waals surface area contributed by atoms with E-state index in [0.717, 1.165) is 11.3 Å². The van der Waals surface area contributed by atoms with Gasteiger partial charge in [0.1, 0.15) is 0 Å². The third-order valence-corrected chi connectivity index (χ3v) is 7.03. The lowest BCUT2D eigenvalue weighted by atomic mass is 10.2. The second kappa shape index (κ2) is 11.5. The number of rotatable bonds is 9. The smallest absolute Gasteiger partial charge is 0.251 e. The molecule has 2 amide bonds. The number of carbonyl (C=O) groups is 2. The van der Waals surface area contributed by atoms with Gasteiger partial charge in [0, 0.05) is 28.1 Å². The lowest BCUT2D eigenvalue weighted by Crippen LogP contribution is -2.28. The Morgan fingerprint density at radius 1 is 1.11 bits per heavy atom. The van der Waals surface area contributed by atoms with E-state index in [0.29, 0.717) is 33.2 Å². The van der Waals surface area contributed by atoms with Crippen LogP contribution in [0.3, 0.4) is 0 Å². The molecule has 0 bridgehead atoms. The van der Waals surface area contributed by atoms with Crippen LogP contribution in [0, 0.1) is 0 Å². The molecule has 0 spiro atoms. The highest BCUT2D eigenvalue weighted by atomic mass is 35.5. The van der Waals surface area contributed by atoms with Gasteiger partial charge in [-0.3, -0.25) is 9.59 Å². The van der Waals surface area contributed by atoms with Crippen molar-refractivity contribution in [3.63, 3.8) is 0 Å². The zero-order chi connectivity index (χ0) is 24.8. The van der Waals surface area contributed by atoms with Gasteiger partial charge in [-0.1, -0.05) is 53.7 Å². The molecule has 8 nitrogen and oxygen atoms in total. The molecule has 35 heavy (non-hydrogen) atoms. The minimum absolute atomic E-state index is 0.157. The molecule has 0 aliphatic heterocycles. The van der Waals surface area contributed by atoms with E-state index in [1.807, 2.05) is 54.1 Å². The van der Waals surface area contributed by atoms with Gasteiger partial charge in [-0.15, -0.1) is 21.5 Å². The summed E-state index contributed by atoms with van der Waals surface area (Å²) in [4.78, 5) is 29.6. The molecule has 11 heteroatoms. The molecule has 180 valence electrons. The molecule has 2 aromatic heterocycles. The minimum atomic E-state index is -0.375. The summed E-state index contributed by atoms with van der Waals surface area (Å²) in [5, 5.41) is 17.9. The number of benzene rings is 2. The van der Waals surface area contributed by atoms with E-state index in [-0.39, 0.29) is 23.6 Å². The molecule has 1 atom stereocenters.